The Bertz CT molecular complexity index is 1350. The molecule has 0 amide bonds. The van der Waals surface area contributed by atoms with Crippen molar-refractivity contribution in [2.45, 2.75) is 167 Å². The molecule has 0 saturated carbocycles. The summed E-state index contributed by atoms with van der Waals surface area (Å²) in [6.45, 7) is 1.43. The highest BCUT2D eigenvalue weighted by Crippen LogP contribution is 2.43. The summed E-state index contributed by atoms with van der Waals surface area (Å²) < 4.78 is 47.7. The molecule has 0 radical (unpaired) electrons. The molecule has 60 heavy (non-hydrogen) atoms. The third-order valence-corrected chi connectivity index (χ3v) is 10.0. The molecule has 0 aromatic heterocycles. The number of aliphatic hydroxyl groups excluding tert-OH is 2. The summed E-state index contributed by atoms with van der Waals surface area (Å²) in [6.07, 6.45) is 39.6. The molecular formula is C44H76O14P2. The van der Waals surface area contributed by atoms with Crippen LogP contribution < -0.4 is 0 Å². The van der Waals surface area contributed by atoms with Crippen molar-refractivity contribution in [1.82, 2.24) is 0 Å². The molecule has 14 nitrogen and oxygen atoms in total. The second-order valence-corrected chi connectivity index (χ2v) is 17.1. The van der Waals surface area contributed by atoms with Crippen LogP contribution in [0, 0.1) is 0 Å². The molecule has 2 unspecified atom stereocenters. The number of esters is 2. The first-order chi connectivity index (χ1) is 28.8. The zero-order chi connectivity index (χ0) is 44.6. The first-order valence-electron chi connectivity index (χ1n) is 21.7. The van der Waals surface area contributed by atoms with Crippen LogP contribution in [-0.2, 0) is 41.8 Å². The smallest absolute Gasteiger partial charge is 0.462 e. The highest BCUT2D eigenvalue weighted by molar-refractivity contribution is 7.47. The van der Waals surface area contributed by atoms with E-state index < -0.39 is 66.2 Å². The highest BCUT2D eigenvalue weighted by Gasteiger charge is 2.28. The number of phosphoric ester groups is 2. The Hall–Kier alpha value is -2.48. The average Bonchev–Trinajstić information content (AvgIpc) is 3.20. The molecule has 0 fully saturated rings. The minimum atomic E-state index is -4.88. The van der Waals surface area contributed by atoms with Crippen LogP contribution in [0.4, 0.5) is 0 Å². The molecule has 0 aliphatic heterocycles. The molecule has 0 rings (SSSR count). The summed E-state index contributed by atoms with van der Waals surface area (Å²) in [4.78, 5) is 52.6. The van der Waals surface area contributed by atoms with Crippen LogP contribution in [0.5, 0.6) is 0 Å². The van der Waals surface area contributed by atoms with Gasteiger partial charge in [0.05, 0.1) is 25.9 Å². The first-order valence-corrected chi connectivity index (χ1v) is 24.7. The van der Waals surface area contributed by atoms with E-state index in [1.807, 2.05) is 18.2 Å². The van der Waals surface area contributed by atoms with Gasteiger partial charge in [0.15, 0.2) is 6.10 Å². The number of carbonyl (C=O) groups is 2. The fraction of sp³-hybridized carbons (Fsp3) is 0.682. The number of rotatable bonds is 40. The average molecular weight is 891 g/mol. The maximum Gasteiger partial charge on any atom is 0.472 e. The molecular weight excluding hydrogens is 814 g/mol. The summed E-state index contributed by atoms with van der Waals surface area (Å²) in [5, 5.41) is 19.5. The largest absolute Gasteiger partial charge is 0.472 e. The predicted molar refractivity (Wildman–Crippen MR) is 236 cm³/mol. The molecule has 5 N–H and O–H groups in total. The fourth-order valence-electron chi connectivity index (χ4n) is 5.33. The van der Waals surface area contributed by atoms with Crippen LogP contribution in [0.1, 0.15) is 149 Å². The van der Waals surface area contributed by atoms with Crippen LogP contribution in [0.15, 0.2) is 72.9 Å². The van der Waals surface area contributed by atoms with E-state index in [2.05, 4.69) is 77.6 Å². The number of aliphatic hydroxyl groups is 2. The lowest BCUT2D eigenvalue weighted by Gasteiger charge is -2.20. The van der Waals surface area contributed by atoms with Crippen LogP contribution >= 0.6 is 15.6 Å². The van der Waals surface area contributed by atoms with Crippen LogP contribution in [0.3, 0.4) is 0 Å². The SMILES string of the molecule is CCCCC/C=C\C/C=C\CCCCCCCC(=O)O[C@H](COC(=O)CCC/C=C\C/C=C\C/C=C\C/C=C\CC(O)CCC)COP(=O)(O)OC[C@@H](O)COP(=O)(O)O. The Morgan fingerprint density at radius 2 is 1.00 bits per heavy atom. The Labute approximate surface area is 359 Å². The highest BCUT2D eigenvalue weighted by atomic mass is 31.2. The molecule has 0 aliphatic carbocycles. The van der Waals surface area contributed by atoms with Crippen molar-refractivity contribution in [1.29, 1.82) is 0 Å². The molecule has 0 saturated heterocycles. The van der Waals surface area contributed by atoms with Crippen molar-refractivity contribution < 1.29 is 66.7 Å². The number of allylic oxidation sites excluding steroid dienone is 11. The van der Waals surface area contributed by atoms with Gasteiger partial charge in [-0.15, -0.1) is 0 Å². The van der Waals surface area contributed by atoms with E-state index in [0.29, 0.717) is 25.7 Å². The van der Waals surface area contributed by atoms with Gasteiger partial charge in [0.25, 0.3) is 0 Å². The molecule has 0 spiro atoms. The number of hydrogen-bond acceptors (Lipinski definition) is 11. The Morgan fingerprint density at radius 1 is 0.517 bits per heavy atom. The van der Waals surface area contributed by atoms with Crippen molar-refractivity contribution in [2.75, 3.05) is 26.4 Å². The van der Waals surface area contributed by atoms with E-state index in [4.69, 9.17) is 23.8 Å². The second kappa shape index (κ2) is 39.4. The molecule has 346 valence electrons. The Morgan fingerprint density at radius 3 is 1.58 bits per heavy atom. The first kappa shape index (κ1) is 57.5. The van der Waals surface area contributed by atoms with Crippen molar-refractivity contribution >= 4 is 27.6 Å². The number of hydrogen-bond donors (Lipinski definition) is 5. The lowest BCUT2D eigenvalue weighted by Crippen LogP contribution is -2.30. The van der Waals surface area contributed by atoms with Crippen molar-refractivity contribution in [3.05, 3.63) is 72.9 Å². The van der Waals surface area contributed by atoms with Crippen molar-refractivity contribution in [3.63, 3.8) is 0 Å². The monoisotopic (exact) mass is 890 g/mol. The summed E-state index contributed by atoms with van der Waals surface area (Å²) in [5.74, 6) is -1.14. The van der Waals surface area contributed by atoms with Gasteiger partial charge in [-0.25, -0.2) is 9.13 Å². The minimum Gasteiger partial charge on any atom is -0.462 e. The van der Waals surface area contributed by atoms with Gasteiger partial charge < -0.3 is 34.4 Å². The maximum atomic E-state index is 12.6. The standard InChI is InChI=1S/C44H76O14P2/c1-3-5-6-7-8-9-10-11-12-15-19-22-25-28-31-35-44(48)58-42(39-57-60(52,53)56-37-41(46)36-55-59(49,50)51)38-54-43(47)34-30-27-24-21-18-16-13-14-17-20-23-26-29-33-40(45)32-4-2/h8-9,11-13,16-17,20-21,24,26,29,40-42,45-46H,3-7,10,14-15,18-19,22-23,25,27-28,30-39H2,1-2H3,(H,52,53)(H2,49,50,51)/b9-8-,12-11-,16-13-,20-17-,24-21-,29-26-/t40?,41-,42+/m0/s1. The van der Waals surface area contributed by atoms with E-state index in [9.17, 15) is 33.8 Å². The van der Waals surface area contributed by atoms with E-state index in [1.54, 1.807) is 0 Å². The Kier molecular flexibility index (Phi) is 37.7. The molecule has 4 atom stereocenters. The number of unbranched alkanes of at least 4 members (excludes halogenated alkanes) is 9. The minimum absolute atomic E-state index is 0.0928. The lowest BCUT2D eigenvalue weighted by molar-refractivity contribution is -0.161. The number of ether oxygens (including phenoxy) is 2. The normalized spacial score (nSPS) is 15.2. The number of carbonyl (C=O) groups excluding carboxylic acids is 2. The second-order valence-electron chi connectivity index (χ2n) is 14.4. The molecule has 0 heterocycles. The van der Waals surface area contributed by atoms with Gasteiger partial charge in [-0.3, -0.25) is 23.2 Å². The van der Waals surface area contributed by atoms with E-state index >= 15 is 0 Å². The van der Waals surface area contributed by atoms with E-state index in [1.165, 1.54) is 19.3 Å². The van der Waals surface area contributed by atoms with Gasteiger partial charge in [-0.05, 0) is 83.5 Å². The van der Waals surface area contributed by atoms with Gasteiger partial charge in [-0.2, -0.15) is 0 Å². The topological polar surface area (TPSA) is 216 Å². The quantitative estimate of drug-likeness (QED) is 0.0168. The summed E-state index contributed by atoms with van der Waals surface area (Å²) in [6, 6.07) is 0. The molecule has 16 heteroatoms. The van der Waals surface area contributed by atoms with Gasteiger partial charge in [-0.1, -0.05) is 125 Å². The van der Waals surface area contributed by atoms with Gasteiger partial charge in [0.2, 0.25) is 0 Å². The fourth-order valence-corrected chi connectivity index (χ4v) is 6.48. The zero-order valence-corrected chi connectivity index (χ0v) is 37.9. The van der Waals surface area contributed by atoms with E-state index in [-0.39, 0.29) is 18.9 Å². The maximum absolute atomic E-state index is 12.6. The zero-order valence-electron chi connectivity index (χ0n) is 36.1. The van der Waals surface area contributed by atoms with Crippen molar-refractivity contribution in [2.24, 2.45) is 0 Å². The summed E-state index contributed by atoms with van der Waals surface area (Å²) in [5.41, 5.74) is 0. The van der Waals surface area contributed by atoms with Gasteiger partial charge in [0, 0.05) is 12.8 Å². The third-order valence-electron chi connectivity index (χ3n) is 8.61. The molecule has 0 aromatic rings. The van der Waals surface area contributed by atoms with Gasteiger partial charge >= 0.3 is 27.6 Å². The number of phosphoric acid groups is 2. The molecule has 0 bridgehead atoms. The van der Waals surface area contributed by atoms with Crippen LogP contribution in [0.25, 0.3) is 0 Å². The van der Waals surface area contributed by atoms with Gasteiger partial charge in [0.1, 0.15) is 12.7 Å². The third kappa shape index (κ3) is 42.2. The van der Waals surface area contributed by atoms with E-state index in [0.717, 1.165) is 77.0 Å². The molecule has 0 aliphatic rings. The lowest BCUT2D eigenvalue weighted by atomic mass is 10.1. The van der Waals surface area contributed by atoms with Crippen LogP contribution in [-0.4, -0.2) is 81.6 Å². The Balaban J connectivity index is 4.66. The van der Waals surface area contributed by atoms with Crippen molar-refractivity contribution in [3.8, 4) is 0 Å². The summed E-state index contributed by atoms with van der Waals surface area (Å²) >= 11 is 0. The van der Waals surface area contributed by atoms with Crippen LogP contribution in [0.2, 0.25) is 0 Å². The predicted octanol–water partition coefficient (Wildman–Crippen LogP) is 9.98. The summed E-state index contributed by atoms with van der Waals surface area (Å²) in [7, 11) is -9.71. The molecule has 0 aromatic carbocycles.